The summed E-state index contributed by atoms with van der Waals surface area (Å²) < 4.78 is 24.8. The number of nitrogens with zero attached hydrogens (tertiary/aromatic N) is 3. The van der Waals surface area contributed by atoms with Crippen LogP contribution in [0.1, 0.15) is 10.9 Å². The van der Waals surface area contributed by atoms with Gasteiger partial charge in [0, 0.05) is 23.4 Å². The van der Waals surface area contributed by atoms with E-state index in [9.17, 15) is 9.18 Å². The highest BCUT2D eigenvalue weighted by Crippen LogP contribution is 2.38. The molecule has 8 heteroatoms. The molecule has 2 heterocycles. The van der Waals surface area contributed by atoms with Crippen LogP contribution in [0.15, 0.2) is 59.3 Å². The number of carbonyl (C=O) groups is 1. The Kier molecular flexibility index (Phi) is 5.06. The molecular formula is C19H16FN3O3S. The summed E-state index contributed by atoms with van der Waals surface area (Å²) in [5.41, 5.74) is 1.29. The molecule has 27 heavy (non-hydrogen) atoms. The largest absolute Gasteiger partial charge is 0.484 e. The molecule has 0 N–H and O–H groups in total. The monoisotopic (exact) mass is 385 g/mol. The second-order valence-corrected chi connectivity index (χ2v) is 7.08. The molecule has 4 rings (SSSR count). The van der Waals surface area contributed by atoms with E-state index in [4.69, 9.17) is 9.15 Å². The van der Waals surface area contributed by atoms with Gasteiger partial charge in [-0.25, -0.2) is 4.39 Å². The van der Waals surface area contributed by atoms with Crippen molar-refractivity contribution in [2.24, 2.45) is 0 Å². The Bertz CT molecular complexity index is 918. The molecule has 0 radical (unpaired) electrons. The van der Waals surface area contributed by atoms with Crippen LogP contribution in [0.4, 0.5) is 4.39 Å². The highest BCUT2D eigenvalue weighted by Gasteiger charge is 2.32. The number of thioether (sulfide) groups is 1. The minimum Gasteiger partial charge on any atom is -0.484 e. The minimum atomic E-state index is -0.317. The third-order valence-corrected chi connectivity index (χ3v) is 5.45. The smallest absolute Gasteiger partial charge is 0.261 e. The molecule has 0 unspecified atom stereocenters. The van der Waals surface area contributed by atoms with Gasteiger partial charge in [0.1, 0.15) is 16.9 Å². The molecule has 6 nitrogen and oxygen atoms in total. The van der Waals surface area contributed by atoms with Crippen molar-refractivity contribution in [1.82, 2.24) is 15.1 Å². The summed E-state index contributed by atoms with van der Waals surface area (Å²) in [6, 6.07) is 13.6. The van der Waals surface area contributed by atoms with Crippen LogP contribution in [0.2, 0.25) is 0 Å². The van der Waals surface area contributed by atoms with Gasteiger partial charge in [-0.1, -0.05) is 18.2 Å². The molecular weight excluding hydrogens is 369 g/mol. The SMILES string of the molecule is O=C(COc1ccc(-c2nnco2)cc1)N1CCS[C@@H]1c1ccccc1F. The number of amides is 1. The van der Waals surface area contributed by atoms with Crippen LogP contribution in [0, 0.1) is 5.82 Å². The maximum atomic E-state index is 14.1. The highest BCUT2D eigenvalue weighted by molar-refractivity contribution is 7.99. The van der Waals surface area contributed by atoms with Crippen molar-refractivity contribution in [1.29, 1.82) is 0 Å². The quantitative estimate of drug-likeness (QED) is 0.669. The molecule has 1 saturated heterocycles. The van der Waals surface area contributed by atoms with Gasteiger partial charge in [0.05, 0.1) is 0 Å². The lowest BCUT2D eigenvalue weighted by molar-refractivity contribution is -0.133. The molecule has 1 amide bonds. The highest BCUT2D eigenvalue weighted by atomic mass is 32.2. The van der Waals surface area contributed by atoms with Crippen molar-refractivity contribution in [2.45, 2.75) is 5.37 Å². The molecule has 1 atom stereocenters. The third-order valence-electron chi connectivity index (χ3n) is 4.21. The summed E-state index contributed by atoms with van der Waals surface area (Å²) in [6.45, 7) is 0.466. The topological polar surface area (TPSA) is 68.5 Å². The number of aromatic nitrogens is 2. The van der Waals surface area contributed by atoms with Crippen LogP contribution in [-0.2, 0) is 4.79 Å². The maximum absolute atomic E-state index is 14.1. The molecule has 2 aromatic carbocycles. The standard InChI is InChI=1S/C19H16FN3O3S/c20-16-4-2-1-3-15(16)19-23(9-10-27-19)17(24)11-25-14-7-5-13(6-8-14)18-22-21-12-26-18/h1-8,12,19H,9-11H2/t19-/m1/s1. The van der Waals surface area contributed by atoms with E-state index in [1.165, 1.54) is 12.5 Å². The summed E-state index contributed by atoms with van der Waals surface area (Å²) >= 11 is 1.55. The van der Waals surface area contributed by atoms with Gasteiger partial charge in [-0.2, -0.15) is 0 Å². The van der Waals surface area contributed by atoms with Crippen molar-refractivity contribution in [3.05, 3.63) is 66.3 Å². The maximum Gasteiger partial charge on any atom is 0.261 e. The first kappa shape index (κ1) is 17.5. The van der Waals surface area contributed by atoms with Crippen LogP contribution in [0.25, 0.3) is 11.5 Å². The Morgan fingerprint density at radius 2 is 2.07 bits per heavy atom. The number of rotatable bonds is 5. The number of hydrogen-bond donors (Lipinski definition) is 0. The first-order valence-corrected chi connectivity index (χ1v) is 9.42. The molecule has 0 bridgehead atoms. The molecule has 1 aliphatic heterocycles. The molecule has 1 fully saturated rings. The zero-order valence-electron chi connectivity index (χ0n) is 14.2. The fraction of sp³-hybridized carbons (Fsp3) is 0.211. The zero-order valence-corrected chi connectivity index (χ0v) is 15.1. The predicted molar refractivity (Wildman–Crippen MR) is 98.5 cm³/mol. The molecule has 0 saturated carbocycles. The van der Waals surface area contributed by atoms with Gasteiger partial charge >= 0.3 is 0 Å². The second kappa shape index (κ2) is 7.79. The lowest BCUT2D eigenvalue weighted by atomic mass is 10.2. The Labute approximate surface area is 159 Å². The normalized spacial score (nSPS) is 16.5. The first-order chi connectivity index (χ1) is 13.2. The number of ether oxygens (including phenoxy) is 1. The molecule has 0 aliphatic carbocycles. The molecule has 138 valence electrons. The van der Waals surface area contributed by atoms with Crippen molar-refractivity contribution in [2.75, 3.05) is 18.9 Å². The van der Waals surface area contributed by atoms with E-state index < -0.39 is 0 Å². The Hall–Kier alpha value is -2.87. The van der Waals surface area contributed by atoms with Crippen molar-refractivity contribution in [3.8, 4) is 17.2 Å². The Morgan fingerprint density at radius 1 is 1.26 bits per heavy atom. The van der Waals surface area contributed by atoms with E-state index in [0.29, 0.717) is 23.7 Å². The van der Waals surface area contributed by atoms with Gasteiger partial charge in [0.15, 0.2) is 6.61 Å². The van der Waals surface area contributed by atoms with Crippen molar-refractivity contribution in [3.63, 3.8) is 0 Å². The summed E-state index contributed by atoms with van der Waals surface area (Å²) in [7, 11) is 0. The van der Waals surface area contributed by atoms with Crippen LogP contribution < -0.4 is 4.74 Å². The Morgan fingerprint density at radius 3 is 2.81 bits per heavy atom. The second-order valence-electron chi connectivity index (χ2n) is 5.89. The van der Waals surface area contributed by atoms with Crippen LogP contribution >= 0.6 is 11.8 Å². The van der Waals surface area contributed by atoms with E-state index in [0.717, 1.165) is 11.3 Å². The lowest BCUT2D eigenvalue weighted by Crippen LogP contribution is -2.34. The molecule has 1 aromatic heterocycles. The van der Waals surface area contributed by atoms with Gasteiger partial charge < -0.3 is 14.1 Å². The lowest BCUT2D eigenvalue weighted by Gasteiger charge is -2.24. The van der Waals surface area contributed by atoms with E-state index in [1.807, 2.05) is 0 Å². The molecule has 1 aliphatic rings. The van der Waals surface area contributed by atoms with Crippen LogP contribution in [0.3, 0.4) is 0 Å². The van der Waals surface area contributed by atoms with Gasteiger partial charge in [-0.3, -0.25) is 4.79 Å². The van der Waals surface area contributed by atoms with Gasteiger partial charge in [-0.05, 0) is 30.3 Å². The fourth-order valence-electron chi connectivity index (χ4n) is 2.88. The average molecular weight is 385 g/mol. The van der Waals surface area contributed by atoms with Crippen LogP contribution in [0.5, 0.6) is 5.75 Å². The summed E-state index contributed by atoms with van der Waals surface area (Å²) in [4.78, 5) is 14.3. The molecule has 0 spiro atoms. The Balaban J connectivity index is 1.39. The first-order valence-electron chi connectivity index (χ1n) is 8.37. The summed E-state index contributed by atoms with van der Waals surface area (Å²) in [5.74, 6) is 1.27. The van der Waals surface area contributed by atoms with Crippen LogP contribution in [-0.4, -0.2) is 39.9 Å². The zero-order chi connectivity index (χ0) is 18.6. The summed E-state index contributed by atoms with van der Waals surface area (Å²) in [6.07, 6.45) is 1.26. The van der Waals surface area contributed by atoms with Gasteiger partial charge in [-0.15, -0.1) is 22.0 Å². The van der Waals surface area contributed by atoms with E-state index in [2.05, 4.69) is 10.2 Å². The molecule has 3 aromatic rings. The third kappa shape index (κ3) is 3.80. The number of hydrogen-bond acceptors (Lipinski definition) is 6. The number of carbonyl (C=O) groups excluding carboxylic acids is 1. The number of benzene rings is 2. The van der Waals surface area contributed by atoms with Gasteiger partial charge in [0.2, 0.25) is 12.3 Å². The fourth-order valence-corrected chi connectivity index (χ4v) is 4.18. The number of halogens is 1. The van der Waals surface area contributed by atoms with E-state index in [-0.39, 0.29) is 23.7 Å². The van der Waals surface area contributed by atoms with E-state index in [1.54, 1.807) is 59.1 Å². The average Bonchev–Trinajstić information content (AvgIpc) is 3.39. The minimum absolute atomic E-state index is 0.106. The van der Waals surface area contributed by atoms with E-state index >= 15 is 0 Å². The van der Waals surface area contributed by atoms with Crippen molar-refractivity contribution < 1.29 is 18.3 Å². The predicted octanol–water partition coefficient (Wildman–Crippen LogP) is 3.53. The summed E-state index contributed by atoms with van der Waals surface area (Å²) in [5, 5.41) is 7.15. The van der Waals surface area contributed by atoms with Gasteiger partial charge in [0.25, 0.3) is 5.91 Å². The van der Waals surface area contributed by atoms with Crippen molar-refractivity contribution >= 4 is 17.7 Å².